The van der Waals surface area contributed by atoms with Crippen LogP contribution in [0.2, 0.25) is 0 Å². The molecule has 2 atom stereocenters. The monoisotopic (exact) mass is 194 g/mol. The Kier molecular flexibility index (Phi) is 4.18. The van der Waals surface area contributed by atoms with E-state index >= 15 is 0 Å². The Morgan fingerprint density at radius 2 is 2.14 bits per heavy atom. The molecule has 0 aromatic carbocycles. The molecule has 0 spiro atoms. The molecule has 0 saturated heterocycles. The van der Waals surface area contributed by atoms with Gasteiger partial charge in [-0.1, -0.05) is 33.6 Å². The lowest BCUT2D eigenvalue weighted by molar-refractivity contribution is 0.401. The van der Waals surface area contributed by atoms with E-state index in [2.05, 4.69) is 37.7 Å². The van der Waals surface area contributed by atoms with Gasteiger partial charge in [-0.15, -0.1) is 0 Å². The molecule has 2 unspecified atom stereocenters. The van der Waals surface area contributed by atoms with Gasteiger partial charge in [0.15, 0.2) is 0 Å². The molecule has 1 rings (SSSR count). The molecule has 0 aliphatic heterocycles. The maximum absolute atomic E-state index is 4.43. The average molecular weight is 194 g/mol. The van der Waals surface area contributed by atoms with Crippen LogP contribution in [0.15, 0.2) is 6.20 Å². The summed E-state index contributed by atoms with van der Waals surface area (Å²) in [6.07, 6.45) is 5.65. The molecular formula is C12H22N2. The number of H-pyrrole nitrogens is 1. The van der Waals surface area contributed by atoms with Crippen LogP contribution in [0.25, 0.3) is 0 Å². The van der Waals surface area contributed by atoms with Crippen molar-refractivity contribution in [2.45, 2.75) is 52.9 Å². The molecule has 0 saturated carbocycles. The van der Waals surface area contributed by atoms with E-state index in [-0.39, 0.29) is 0 Å². The van der Waals surface area contributed by atoms with Crippen molar-refractivity contribution in [3.8, 4) is 0 Å². The van der Waals surface area contributed by atoms with E-state index < -0.39 is 0 Å². The first-order valence-electron chi connectivity index (χ1n) is 5.70. The van der Waals surface area contributed by atoms with Crippen molar-refractivity contribution in [1.82, 2.24) is 9.97 Å². The molecule has 1 aromatic rings. The Labute approximate surface area is 87.1 Å². The van der Waals surface area contributed by atoms with Crippen molar-refractivity contribution < 1.29 is 0 Å². The fraction of sp³-hybridized carbons (Fsp3) is 0.750. The van der Waals surface area contributed by atoms with Gasteiger partial charge < -0.3 is 4.98 Å². The number of aromatic amines is 1. The molecule has 0 aliphatic carbocycles. The number of aromatic nitrogens is 2. The van der Waals surface area contributed by atoms with Gasteiger partial charge in [-0.05, 0) is 19.3 Å². The summed E-state index contributed by atoms with van der Waals surface area (Å²) in [5.74, 6) is 2.50. The second-order valence-corrected chi connectivity index (χ2v) is 4.23. The molecule has 0 aliphatic rings. The van der Waals surface area contributed by atoms with Gasteiger partial charge in [-0.25, -0.2) is 4.98 Å². The summed E-state index contributed by atoms with van der Waals surface area (Å²) in [6, 6.07) is 0. The number of nitrogens with zero attached hydrogens (tertiary/aromatic N) is 1. The quantitative estimate of drug-likeness (QED) is 0.761. The lowest BCUT2D eigenvalue weighted by atomic mass is 9.87. The van der Waals surface area contributed by atoms with Crippen molar-refractivity contribution >= 4 is 0 Å². The van der Waals surface area contributed by atoms with Crippen LogP contribution in [0.3, 0.4) is 0 Å². The molecule has 0 amide bonds. The van der Waals surface area contributed by atoms with Gasteiger partial charge in [0.25, 0.3) is 0 Å². The topological polar surface area (TPSA) is 28.7 Å². The Morgan fingerprint density at radius 3 is 2.57 bits per heavy atom. The highest BCUT2D eigenvalue weighted by Gasteiger charge is 2.19. The first-order chi connectivity index (χ1) is 6.69. The molecule has 14 heavy (non-hydrogen) atoms. The highest BCUT2D eigenvalue weighted by Crippen LogP contribution is 2.28. The van der Waals surface area contributed by atoms with E-state index in [4.69, 9.17) is 0 Å². The van der Waals surface area contributed by atoms with Crippen molar-refractivity contribution in [2.24, 2.45) is 5.92 Å². The lowest BCUT2D eigenvalue weighted by Crippen LogP contribution is -2.10. The maximum atomic E-state index is 4.43. The SMILES string of the molecule is CCCC(C)C(CC)c1ncc(C)[nH]1. The highest BCUT2D eigenvalue weighted by molar-refractivity contribution is 5.04. The van der Waals surface area contributed by atoms with Gasteiger partial charge in [0.05, 0.1) is 0 Å². The predicted molar refractivity (Wildman–Crippen MR) is 60.4 cm³/mol. The number of aryl methyl sites for hydroxylation is 1. The summed E-state index contributed by atoms with van der Waals surface area (Å²) in [6.45, 7) is 8.88. The summed E-state index contributed by atoms with van der Waals surface area (Å²) in [7, 11) is 0. The second kappa shape index (κ2) is 5.18. The third-order valence-corrected chi connectivity index (χ3v) is 2.94. The van der Waals surface area contributed by atoms with E-state index in [1.165, 1.54) is 30.8 Å². The Morgan fingerprint density at radius 1 is 1.43 bits per heavy atom. The van der Waals surface area contributed by atoms with Crippen LogP contribution in [-0.4, -0.2) is 9.97 Å². The number of hydrogen-bond donors (Lipinski definition) is 1. The molecule has 2 heteroatoms. The Balaban J connectivity index is 2.71. The first-order valence-corrected chi connectivity index (χ1v) is 5.70. The fourth-order valence-electron chi connectivity index (χ4n) is 2.14. The molecule has 0 bridgehead atoms. The van der Waals surface area contributed by atoms with Crippen LogP contribution in [0.5, 0.6) is 0 Å². The normalized spacial score (nSPS) is 15.4. The van der Waals surface area contributed by atoms with E-state index in [1.807, 2.05) is 6.20 Å². The van der Waals surface area contributed by atoms with Crippen molar-refractivity contribution in [3.05, 3.63) is 17.7 Å². The van der Waals surface area contributed by atoms with Crippen LogP contribution in [0.1, 0.15) is 57.5 Å². The molecule has 1 aromatic heterocycles. The minimum absolute atomic E-state index is 0.601. The summed E-state index contributed by atoms with van der Waals surface area (Å²) in [4.78, 5) is 7.79. The Hall–Kier alpha value is -0.790. The molecule has 1 heterocycles. The number of rotatable bonds is 5. The molecule has 1 N–H and O–H groups in total. The second-order valence-electron chi connectivity index (χ2n) is 4.23. The van der Waals surface area contributed by atoms with Crippen molar-refractivity contribution in [2.75, 3.05) is 0 Å². The van der Waals surface area contributed by atoms with E-state index in [1.54, 1.807) is 0 Å². The van der Waals surface area contributed by atoms with E-state index in [0.29, 0.717) is 5.92 Å². The number of imidazole rings is 1. The van der Waals surface area contributed by atoms with E-state index in [0.717, 1.165) is 5.92 Å². The fourth-order valence-corrected chi connectivity index (χ4v) is 2.14. The van der Waals surface area contributed by atoms with Gasteiger partial charge >= 0.3 is 0 Å². The maximum Gasteiger partial charge on any atom is 0.109 e. The Bertz CT molecular complexity index is 265. The number of nitrogens with one attached hydrogen (secondary N) is 1. The van der Waals surface area contributed by atoms with Gasteiger partial charge in [0, 0.05) is 17.8 Å². The van der Waals surface area contributed by atoms with Gasteiger partial charge in [-0.2, -0.15) is 0 Å². The van der Waals surface area contributed by atoms with Crippen LogP contribution >= 0.6 is 0 Å². The van der Waals surface area contributed by atoms with Crippen LogP contribution in [0.4, 0.5) is 0 Å². The minimum Gasteiger partial charge on any atom is -0.346 e. The highest BCUT2D eigenvalue weighted by atomic mass is 14.9. The van der Waals surface area contributed by atoms with Crippen LogP contribution in [0, 0.1) is 12.8 Å². The van der Waals surface area contributed by atoms with E-state index in [9.17, 15) is 0 Å². The standard InChI is InChI=1S/C12H22N2/c1-5-7-9(3)11(6-2)12-13-8-10(4)14-12/h8-9,11H,5-7H2,1-4H3,(H,13,14). The lowest BCUT2D eigenvalue weighted by Gasteiger charge is -2.20. The van der Waals surface area contributed by atoms with Crippen LogP contribution < -0.4 is 0 Å². The molecule has 0 fully saturated rings. The molecule has 0 radical (unpaired) electrons. The third-order valence-electron chi connectivity index (χ3n) is 2.94. The number of hydrogen-bond acceptors (Lipinski definition) is 1. The van der Waals surface area contributed by atoms with Crippen molar-refractivity contribution in [1.29, 1.82) is 0 Å². The predicted octanol–water partition coefficient (Wildman–Crippen LogP) is 3.65. The van der Waals surface area contributed by atoms with Gasteiger partial charge in [0.1, 0.15) is 5.82 Å². The third kappa shape index (κ3) is 2.60. The largest absolute Gasteiger partial charge is 0.346 e. The summed E-state index contributed by atoms with van der Waals surface area (Å²) in [5.41, 5.74) is 1.17. The zero-order chi connectivity index (χ0) is 10.6. The summed E-state index contributed by atoms with van der Waals surface area (Å²) < 4.78 is 0. The molecule has 80 valence electrons. The van der Waals surface area contributed by atoms with Crippen LogP contribution in [-0.2, 0) is 0 Å². The zero-order valence-corrected chi connectivity index (χ0v) is 9.80. The van der Waals surface area contributed by atoms with Crippen molar-refractivity contribution in [3.63, 3.8) is 0 Å². The first kappa shape index (κ1) is 11.3. The molecular weight excluding hydrogens is 172 g/mol. The van der Waals surface area contributed by atoms with Gasteiger partial charge in [0.2, 0.25) is 0 Å². The average Bonchev–Trinajstić information content (AvgIpc) is 2.54. The minimum atomic E-state index is 0.601. The molecule has 2 nitrogen and oxygen atoms in total. The van der Waals surface area contributed by atoms with Gasteiger partial charge in [-0.3, -0.25) is 0 Å². The summed E-state index contributed by atoms with van der Waals surface area (Å²) in [5, 5.41) is 0. The zero-order valence-electron chi connectivity index (χ0n) is 9.80. The summed E-state index contributed by atoms with van der Waals surface area (Å²) >= 11 is 0. The smallest absolute Gasteiger partial charge is 0.109 e.